The van der Waals surface area contributed by atoms with E-state index in [1.165, 1.54) is 0 Å². The summed E-state index contributed by atoms with van der Waals surface area (Å²) in [5.41, 5.74) is 1.57. The van der Waals surface area contributed by atoms with E-state index in [1.807, 2.05) is 6.07 Å². The topological polar surface area (TPSA) is 71.5 Å². The Kier molecular flexibility index (Phi) is 3.12. The molecule has 3 rings (SSSR count). The number of alkyl halides is 3. The molecule has 2 atom stereocenters. The summed E-state index contributed by atoms with van der Waals surface area (Å²) >= 11 is 0. The summed E-state index contributed by atoms with van der Waals surface area (Å²) in [4.78, 5) is 0. The molecular weight excluding hydrogens is 297 g/mol. The average molecular weight is 310 g/mol. The third-order valence-electron chi connectivity index (χ3n) is 4.01. The quantitative estimate of drug-likeness (QED) is 0.878. The molecule has 1 aliphatic rings. The zero-order valence-corrected chi connectivity index (χ0v) is 11.9. The molecule has 6 nitrogen and oxygen atoms in total. The first-order valence-electron chi connectivity index (χ1n) is 6.62. The minimum Gasteiger partial charge on any atom is -0.362 e. The molecule has 0 amide bonds. The number of rotatable bonds is 1. The molecule has 1 aliphatic heterocycles. The van der Waals surface area contributed by atoms with Crippen molar-refractivity contribution in [3.05, 3.63) is 29.2 Å². The van der Waals surface area contributed by atoms with Crippen molar-refractivity contribution in [2.24, 2.45) is 7.05 Å². The number of anilines is 1. The lowest BCUT2D eigenvalue weighted by molar-refractivity contribution is -0.173. The molecule has 2 aromatic rings. The maximum absolute atomic E-state index is 13.3. The van der Waals surface area contributed by atoms with Crippen molar-refractivity contribution >= 4 is 5.82 Å². The summed E-state index contributed by atoms with van der Waals surface area (Å²) in [7, 11) is 1.73. The van der Waals surface area contributed by atoms with Gasteiger partial charge in [0.25, 0.3) is 0 Å². The third-order valence-corrected chi connectivity index (χ3v) is 4.01. The van der Waals surface area contributed by atoms with E-state index in [0.717, 1.165) is 16.6 Å². The van der Waals surface area contributed by atoms with Gasteiger partial charge in [0.05, 0.1) is 18.4 Å². The highest BCUT2D eigenvalue weighted by Gasteiger charge is 2.47. The fraction of sp³-hybridized carbons (Fsp3) is 0.462. The van der Waals surface area contributed by atoms with Crippen LogP contribution in [0.3, 0.4) is 0 Å². The van der Waals surface area contributed by atoms with E-state index in [-0.39, 0.29) is 17.8 Å². The zero-order chi connectivity index (χ0) is 16.1. The van der Waals surface area contributed by atoms with Crippen LogP contribution >= 0.6 is 0 Å². The summed E-state index contributed by atoms with van der Waals surface area (Å²) < 4.78 is 42.5. The van der Waals surface area contributed by atoms with Gasteiger partial charge in [-0.05, 0) is 6.92 Å². The van der Waals surface area contributed by atoms with Crippen LogP contribution in [0.5, 0.6) is 0 Å². The van der Waals surface area contributed by atoms with Gasteiger partial charge >= 0.3 is 6.18 Å². The molecule has 0 saturated carbocycles. The Balaban J connectivity index is 2.08. The van der Waals surface area contributed by atoms with Gasteiger partial charge in [0.1, 0.15) is 17.5 Å². The van der Waals surface area contributed by atoms with Crippen molar-refractivity contribution in [3.63, 3.8) is 0 Å². The normalized spacial score (nSPS) is 21.1. The first-order valence-corrected chi connectivity index (χ1v) is 6.62. The van der Waals surface area contributed by atoms with Crippen LogP contribution in [-0.2, 0) is 7.05 Å². The lowest BCUT2D eigenvalue weighted by atomic mass is 9.97. The number of hydrogen-bond donors (Lipinski definition) is 1. The van der Waals surface area contributed by atoms with E-state index < -0.39 is 18.3 Å². The molecule has 0 aliphatic carbocycles. The van der Waals surface area contributed by atoms with Crippen LogP contribution in [-0.4, -0.2) is 25.7 Å². The fourth-order valence-corrected chi connectivity index (χ4v) is 2.71. The minimum atomic E-state index is -4.44. The molecular formula is C13H13F3N6. The number of fused-ring (bicyclic) bond motifs is 1. The standard InChI is InChI=1S/C13H13F3N6/c1-7-9(6-18-21(7)2)10-3-11(13(14,15)16)22-12(20-10)8(4-17)5-19-22/h5-6,10-11,20H,3H2,1-2H3/t10-,11-/m0/s1. The predicted octanol–water partition coefficient (Wildman–Crippen LogP) is 2.46. The summed E-state index contributed by atoms with van der Waals surface area (Å²) in [6.07, 6.45) is -1.93. The smallest absolute Gasteiger partial charge is 0.362 e. The van der Waals surface area contributed by atoms with Crippen molar-refractivity contribution in [1.29, 1.82) is 5.26 Å². The molecule has 0 radical (unpaired) electrons. The Labute approximate surface area is 124 Å². The highest BCUT2D eigenvalue weighted by molar-refractivity contribution is 5.54. The number of halogens is 3. The van der Waals surface area contributed by atoms with Crippen LogP contribution in [0.25, 0.3) is 0 Å². The second-order valence-electron chi connectivity index (χ2n) is 5.26. The largest absolute Gasteiger partial charge is 0.410 e. The molecule has 0 saturated heterocycles. The van der Waals surface area contributed by atoms with Crippen LogP contribution in [0.1, 0.15) is 35.3 Å². The summed E-state index contributed by atoms with van der Waals surface area (Å²) in [6.45, 7) is 1.80. The van der Waals surface area contributed by atoms with Crippen LogP contribution < -0.4 is 5.32 Å². The number of nitriles is 1. The number of nitrogens with zero attached hydrogens (tertiary/aromatic N) is 5. The van der Waals surface area contributed by atoms with Crippen LogP contribution in [0.4, 0.5) is 19.0 Å². The van der Waals surface area contributed by atoms with Gasteiger partial charge < -0.3 is 5.32 Å². The monoisotopic (exact) mass is 310 g/mol. The summed E-state index contributed by atoms with van der Waals surface area (Å²) in [5, 5.41) is 19.8. The van der Waals surface area contributed by atoms with Crippen molar-refractivity contribution in [2.45, 2.75) is 31.6 Å². The number of nitrogens with one attached hydrogen (secondary N) is 1. The lowest BCUT2D eigenvalue weighted by Crippen LogP contribution is -2.36. The van der Waals surface area contributed by atoms with Gasteiger partial charge in [0.2, 0.25) is 0 Å². The van der Waals surface area contributed by atoms with E-state index in [9.17, 15) is 13.2 Å². The van der Waals surface area contributed by atoms with E-state index in [0.29, 0.717) is 5.56 Å². The van der Waals surface area contributed by atoms with Gasteiger partial charge in [-0.1, -0.05) is 0 Å². The Bertz CT molecular complexity index is 751. The van der Waals surface area contributed by atoms with Crippen molar-refractivity contribution in [2.75, 3.05) is 5.32 Å². The van der Waals surface area contributed by atoms with Crippen molar-refractivity contribution < 1.29 is 13.2 Å². The van der Waals surface area contributed by atoms with Crippen molar-refractivity contribution in [1.82, 2.24) is 19.6 Å². The number of aromatic nitrogens is 4. The molecule has 2 aromatic heterocycles. The predicted molar refractivity (Wildman–Crippen MR) is 71.0 cm³/mol. The molecule has 1 N–H and O–H groups in total. The molecule has 0 spiro atoms. The zero-order valence-electron chi connectivity index (χ0n) is 11.9. The highest BCUT2D eigenvalue weighted by Crippen LogP contribution is 2.44. The van der Waals surface area contributed by atoms with Gasteiger partial charge in [-0.15, -0.1) is 0 Å². The average Bonchev–Trinajstić information content (AvgIpc) is 3.01. The van der Waals surface area contributed by atoms with E-state index in [4.69, 9.17) is 5.26 Å². The second kappa shape index (κ2) is 4.76. The molecule has 22 heavy (non-hydrogen) atoms. The second-order valence-corrected chi connectivity index (χ2v) is 5.26. The first-order chi connectivity index (χ1) is 10.3. The van der Waals surface area contributed by atoms with Gasteiger partial charge in [-0.2, -0.15) is 28.6 Å². The molecule has 0 bridgehead atoms. The van der Waals surface area contributed by atoms with Gasteiger partial charge in [0.15, 0.2) is 6.04 Å². The van der Waals surface area contributed by atoms with Gasteiger partial charge in [-0.25, -0.2) is 4.68 Å². The Morgan fingerprint density at radius 3 is 2.64 bits per heavy atom. The van der Waals surface area contributed by atoms with E-state index >= 15 is 0 Å². The van der Waals surface area contributed by atoms with Crippen molar-refractivity contribution in [3.8, 4) is 6.07 Å². The maximum Gasteiger partial charge on any atom is 0.410 e. The first kappa shape index (κ1) is 14.4. The molecule has 116 valence electrons. The maximum atomic E-state index is 13.3. The number of aryl methyl sites for hydroxylation is 1. The summed E-state index contributed by atoms with van der Waals surface area (Å²) in [5.74, 6) is 0.101. The third kappa shape index (κ3) is 2.11. The van der Waals surface area contributed by atoms with E-state index in [2.05, 4.69) is 15.5 Å². The lowest BCUT2D eigenvalue weighted by Gasteiger charge is -2.33. The SMILES string of the molecule is Cc1c([C@@H]2C[C@@H](C(F)(F)F)n3ncc(C#N)c3N2)cnn1C. The Morgan fingerprint density at radius 2 is 2.09 bits per heavy atom. The van der Waals surface area contributed by atoms with Crippen LogP contribution in [0.2, 0.25) is 0 Å². The van der Waals surface area contributed by atoms with Crippen LogP contribution in [0.15, 0.2) is 12.4 Å². The number of hydrogen-bond acceptors (Lipinski definition) is 4. The van der Waals surface area contributed by atoms with Crippen LogP contribution in [0, 0.1) is 18.3 Å². The minimum absolute atomic E-state index is 0.0977. The molecule has 9 heteroatoms. The molecule has 0 fully saturated rings. The highest BCUT2D eigenvalue weighted by atomic mass is 19.4. The molecule has 0 aromatic carbocycles. The fourth-order valence-electron chi connectivity index (χ4n) is 2.71. The molecule has 3 heterocycles. The summed E-state index contributed by atoms with van der Waals surface area (Å²) in [6, 6.07) is -0.476. The Hall–Kier alpha value is -2.50. The van der Waals surface area contributed by atoms with E-state index in [1.54, 1.807) is 24.9 Å². The van der Waals surface area contributed by atoms with Gasteiger partial charge in [0, 0.05) is 24.7 Å². The van der Waals surface area contributed by atoms with Gasteiger partial charge in [-0.3, -0.25) is 4.68 Å². The molecule has 0 unspecified atom stereocenters. The Morgan fingerprint density at radius 1 is 1.36 bits per heavy atom.